The van der Waals surface area contributed by atoms with Gasteiger partial charge in [-0.1, -0.05) is 19.6 Å². The maximum absolute atomic E-state index is 9.00. The van der Waals surface area contributed by atoms with Crippen LogP contribution in [0.2, 0.25) is 19.6 Å². The highest BCUT2D eigenvalue weighted by Crippen LogP contribution is 1.68. The second-order valence-electron chi connectivity index (χ2n) is 2.25. The molecule has 0 heterocycles. The van der Waals surface area contributed by atoms with Gasteiger partial charge in [0.05, 0.1) is 0 Å². The molecule has 0 aliphatic rings. The molecule has 0 spiro atoms. The van der Waals surface area contributed by atoms with Crippen LogP contribution >= 0.6 is 0 Å². The van der Waals surface area contributed by atoms with E-state index >= 15 is 0 Å². The molecule has 1 N–H and O–H groups in total. The molecule has 3 heteroatoms. The normalized spacial score (nSPS) is 7.62. The van der Waals surface area contributed by atoms with Gasteiger partial charge < -0.3 is 5.11 Å². The van der Waals surface area contributed by atoms with Crippen molar-refractivity contribution in [3.8, 4) is 0 Å². The average molecular weight is 134 g/mol. The van der Waals surface area contributed by atoms with Crippen molar-refractivity contribution in [1.29, 1.82) is 0 Å². The van der Waals surface area contributed by atoms with Crippen molar-refractivity contribution < 1.29 is 9.90 Å². The molecule has 0 saturated carbocycles. The van der Waals surface area contributed by atoms with Gasteiger partial charge in [0.1, 0.15) is 0 Å². The van der Waals surface area contributed by atoms with E-state index in [0.717, 1.165) is 6.92 Å². The molecule has 8 heavy (non-hydrogen) atoms. The summed E-state index contributed by atoms with van der Waals surface area (Å²) in [5.41, 5.74) is 0. The van der Waals surface area contributed by atoms with Crippen LogP contribution in [0.3, 0.4) is 0 Å². The van der Waals surface area contributed by atoms with E-state index in [1.165, 1.54) is 0 Å². The first-order valence-electron chi connectivity index (χ1n) is 2.66. The minimum Gasteiger partial charge on any atom is -0.481 e. The van der Waals surface area contributed by atoms with E-state index < -0.39 is 5.97 Å². The number of hydrogen-bond donors (Lipinski definition) is 1. The topological polar surface area (TPSA) is 37.3 Å². The Balaban J connectivity index is 0. The largest absolute Gasteiger partial charge is 0.481 e. The number of carboxylic acid groups (broad SMARTS) is 1. The Kier molecular flexibility index (Phi) is 8.88. The van der Waals surface area contributed by atoms with Crippen molar-refractivity contribution in [2.24, 2.45) is 0 Å². The Morgan fingerprint density at radius 3 is 1.38 bits per heavy atom. The fourth-order valence-electron chi connectivity index (χ4n) is 0. The lowest BCUT2D eigenvalue weighted by Crippen LogP contribution is -1.84. The van der Waals surface area contributed by atoms with Gasteiger partial charge in [0, 0.05) is 15.7 Å². The minimum absolute atomic E-state index is 0.139. The summed E-state index contributed by atoms with van der Waals surface area (Å²) in [6, 6.07) is 0. The average Bonchev–Trinajstić information content (AvgIpc) is 1.25. The van der Waals surface area contributed by atoms with Gasteiger partial charge in [-0.2, -0.15) is 0 Å². The molecule has 0 saturated heterocycles. The van der Waals surface area contributed by atoms with Crippen LogP contribution in [0, 0.1) is 0 Å². The minimum atomic E-state index is -0.833. The summed E-state index contributed by atoms with van der Waals surface area (Å²) in [4.78, 5) is 9.00. The quantitative estimate of drug-likeness (QED) is 0.505. The van der Waals surface area contributed by atoms with Gasteiger partial charge in [0.15, 0.2) is 0 Å². The lowest BCUT2D eigenvalue weighted by Gasteiger charge is -1.75. The van der Waals surface area contributed by atoms with Gasteiger partial charge in [-0.3, -0.25) is 4.79 Å². The molecule has 0 aliphatic heterocycles. The molecular formula is C5H14O2Si. The van der Waals surface area contributed by atoms with E-state index in [-0.39, 0.29) is 8.80 Å². The molecule has 0 unspecified atom stereocenters. The summed E-state index contributed by atoms with van der Waals surface area (Å²) in [6.07, 6.45) is 0. The summed E-state index contributed by atoms with van der Waals surface area (Å²) in [5, 5.41) is 7.42. The third kappa shape index (κ3) is 1270. The number of rotatable bonds is 0. The monoisotopic (exact) mass is 134 g/mol. The summed E-state index contributed by atoms with van der Waals surface area (Å²) in [6.45, 7) is 8.00. The molecule has 0 aliphatic carbocycles. The van der Waals surface area contributed by atoms with Crippen molar-refractivity contribution in [2.75, 3.05) is 0 Å². The van der Waals surface area contributed by atoms with Crippen LogP contribution in [0.5, 0.6) is 0 Å². The van der Waals surface area contributed by atoms with Crippen molar-refractivity contribution in [3.05, 3.63) is 0 Å². The van der Waals surface area contributed by atoms with Crippen LogP contribution in [-0.4, -0.2) is 19.9 Å². The zero-order valence-corrected chi connectivity index (χ0v) is 7.09. The van der Waals surface area contributed by atoms with Crippen LogP contribution in [0.1, 0.15) is 6.92 Å². The fraction of sp³-hybridized carbons (Fsp3) is 0.800. The fourth-order valence-corrected chi connectivity index (χ4v) is 0. The number of hydrogen-bond acceptors (Lipinski definition) is 1. The van der Waals surface area contributed by atoms with E-state index in [1.54, 1.807) is 0 Å². The van der Waals surface area contributed by atoms with Crippen LogP contribution in [0.25, 0.3) is 0 Å². The molecule has 2 nitrogen and oxygen atoms in total. The SMILES string of the molecule is CC(=O)O.C[SiH](C)C. The molecule has 0 atom stereocenters. The molecule has 0 bridgehead atoms. The van der Waals surface area contributed by atoms with Crippen molar-refractivity contribution in [1.82, 2.24) is 0 Å². The van der Waals surface area contributed by atoms with Gasteiger partial charge in [0.25, 0.3) is 5.97 Å². The molecule has 0 aromatic heterocycles. The van der Waals surface area contributed by atoms with E-state index in [0.29, 0.717) is 0 Å². The number of aliphatic carboxylic acids is 1. The molecule has 0 amide bonds. The first-order valence-corrected chi connectivity index (χ1v) is 6.12. The molecular weight excluding hydrogens is 120 g/mol. The third-order valence-corrected chi connectivity index (χ3v) is 0. The zero-order valence-electron chi connectivity index (χ0n) is 5.93. The van der Waals surface area contributed by atoms with Crippen molar-refractivity contribution in [2.45, 2.75) is 26.6 Å². The highest BCUT2D eigenvalue weighted by molar-refractivity contribution is 6.54. The van der Waals surface area contributed by atoms with E-state index in [1.807, 2.05) is 0 Å². The molecule has 0 radical (unpaired) electrons. The van der Waals surface area contributed by atoms with Crippen molar-refractivity contribution >= 4 is 14.8 Å². The van der Waals surface area contributed by atoms with Gasteiger partial charge in [0.2, 0.25) is 0 Å². The molecule has 50 valence electrons. The first-order chi connectivity index (χ1) is 3.46. The lowest BCUT2D eigenvalue weighted by molar-refractivity contribution is -0.134. The molecule has 0 aromatic rings. The second kappa shape index (κ2) is 6.69. The summed E-state index contributed by atoms with van der Waals surface area (Å²) < 4.78 is 0. The van der Waals surface area contributed by atoms with Gasteiger partial charge in [-0.15, -0.1) is 0 Å². The standard InChI is InChI=1S/C3H10Si.C2H4O2/c1-4(2)3;1-2(3)4/h4H,1-3H3;1H3,(H,3,4). The lowest BCUT2D eigenvalue weighted by atomic mass is 10.9. The summed E-state index contributed by atoms with van der Waals surface area (Å²) >= 11 is 0. The Bertz CT molecular complexity index is 54.7. The molecule has 0 rings (SSSR count). The van der Waals surface area contributed by atoms with Crippen LogP contribution < -0.4 is 0 Å². The summed E-state index contributed by atoms with van der Waals surface area (Å²) in [5.74, 6) is -0.833. The molecule has 0 aromatic carbocycles. The van der Waals surface area contributed by atoms with Gasteiger partial charge in [-0.05, 0) is 0 Å². The predicted octanol–water partition coefficient (Wildman–Crippen LogP) is 1.19. The highest BCUT2D eigenvalue weighted by atomic mass is 28.3. The number of carbonyl (C=O) groups is 1. The first kappa shape index (κ1) is 10.6. The van der Waals surface area contributed by atoms with Crippen LogP contribution in [0.4, 0.5) is 0 Å². The van der Waals surface area contributed by atoms with Crippen molar-refractivity contribution in [3.63, 3.8) is 0 Å². The zero-order chi connectivity index (χ0) is 7.15. The van der Waals surface area contributed by atoms with E-state index in [2.05, 4.69) is 19.6 Å². The highest BCUT2D eigenvalue weighted by Gasteiger charge is 1.71. The maximum Gasteiger partial charge on any atom is 0.300 e. The van der Waals surface area contributed by atoms with Gasteiger partial charge in [-0.25, -0.2) is 0 Å². The Morgan fingerprint density at radius 2 is 1.38 bits per heavy atom. The Hall–Kier alpha value is -0.313. The predicted molar refractivity (Wildman–Crippen MR) is 38.1 cm³/mol. The Morgan fingerprint density at radius 1 is 1.38 bits per heavy atom. The van der Waals surface area contributed by atoms with Gasteiger partial charge >= 0.3 is 0 Å². The summed E-state index contributed by atoms with van der Waals surface area (Å²) in [7, 11) is -0.139. The van der Waals surface area contributed by atoms with E-state index in [4.69, 9.17) is 9.90 Å². The second-order valence-corrected chi connectivity index (χ2v) is 5.72. The number of carboxylic acids is 1. The van der Waals surface area contributed by atoms with E-state index in [9.17, 15) is 0 Å². The molecule has 0 fully saturated rings. The smallest absolute Gasteiger partial charge is 0.300 e. The third-order valence-electron chi connectivity index (χ3n) is 0. The Labute approximate surface area is 52.1 Å². The van der Waals surface area contributed by atoms with Crippen LogP contribution in [0.15, 0.2) is 0 Å². The van der Waals surface area contributed by atoms with Crippen LogP contribution in [-0.2, 0) is 4.79 Å². The maximum atomic E-state index is 9.00.